The van der Waals surface area contributed by atoms with Gasteiger partial charge in [-0.3, -0.25) is 0 Å². The van der Waals surface area contributed by atoms with Crippen molar-refractivity contribution in [3.8, 4) is 0 Å². The number of fused-ring (bicyclic) bond motifs is 7. The molecule has 9 aliphatic rings. The third-order valence-electron chi connectivity index (χ3n) is 18.0. The lowest BCUT2D eigenvalue weighted by Crippen LogP contribution is -2.67. The number of rotatable bonds is 9. The number of ether oxygens (including phenoxy) is 8. The van der Waals surface area contributed by atoms with Crippen LogP contribution >= 0.6 is 0 Å². The molecule has 18 heteroatoms. The van der Waals surface area contributed by atoms with Crippen molar-refractivity contribution in [2.75, 3.05) is 26.4 Å². The maximum atomic E-state index is 11.6. The number of hydrogen-bond acceptors (Lipinski definition) is 18. The van der Waals surface area contributed by atoms with Crippen molar-refractivity contribution in [1.29, 1.82) is 0 Å². The van der Waals surface area contributed by atoms with E-state index in [-0.39, 0.29) is 23.0 Å². The van der Waals surface area contributed by atoms with Crippen LogP contribution in [-0.2, 0) is 37.9 Å². The van der Waals surface area contributed by atoms with Crippen LogP contribution in [0.4, 0.5) is 0 Å². The highest BCUT2D eigenvalue weighted by Crippen LogP contribution is 2.71. The maximum absolute atomic E-state index is 11.6. The maximum Gasteiger partial charge on any atom is 0.187 e. The molecule has 1 spiro atoms. The van der Waals surface area contributed by atoms with Crippen LogP contribution in [0.5, 0.6) is 0 Å². The fourth-order valence-corrected chi connectivity index (χ4v) is 14.5. The summed E-state index contributed by atoms with van der Waals surface area (Å²) < 4.78 is 50.0. The van der Waals surface area contributed by atoms with Gasteiger partial charge in [-0.25, -0.2) is 0 Å². The van der Waals surface area contributed by atoms with Crippen molar-refractivity contribution in [3.05, 3.63) is 12.2 Å². The molecule has 0 radical (unpaired) electrons. The van der Waals surface area contributed by atoms with Crippen molar-refractivity contribution >= 4 is 0 Å². The Hall–Kier alpha value is -0.980. The summed E-state index contributed by atoms with van der Waals surface area (Å²) in [5.41, 5.74) is 1.36. The topological polar surface area (TPSA) is 276 Å². The summed E-state index contributed by atoms with van der Waals surface area (Å²) in [6.45, 7) is 9.85. The minimum absolute atomic E-state index is 0.0561. The predicted octanol–water partition coefficient (Wildman–Crippen LogP) is -0.813. The van der Waals surface area contributed by atoms with Crippen molar-refractivity contribution in [2.24, 2.45) is 46.3 Å². The van der Waals surface area contributed by atoms with Crippen LogP contribution in [0.3, 0.4) is 0 Å². The minimum atomic E-state index is -1.87. The number of aliphatic hydroxyl groups is 10. The molecule has 5 heterocycles. The van der Waals surface area contributed by atoms with Gasteiger partial charge in [0.1, 0.15) is 73.2 Å². The molecule has 10 N–H and O–H groups in total. The van der Waals surface area contributed by atoms with E-state index < -0.39 is 118 Å². The van der Waals surface area contributed by atoms with E-state index in [4.69, 9.17) is 37.9 Å². The summed E-state index contributed by atoms with van der Waals surface area (Å²) in [4.78, 5) is 0. The van der Waals surface area contributed by atoms with E-state index in [2.05, 4.69) is 27.4 Å². The summed E-state index contributed by atoms with van der Waals surface area (Å²) in [5, 5.41) is 106. The second-order valence-corrected chi connectivity index (χ2v) is 21.1. The molecule has 5 aliphatic heterocycles. The number of aliphatic hydroxyl groups excluding tert-OH is 10. The first-order chi connectivity index (χ1) is 30.0. The van der Waals surface area contributed by atoms with Crippen LogP contribution in [0.15, 0.2) is 12.2 Å². The van der Waals surface area contributed by atoms with Crippen molar-refractivity contribution in [3.63, 3.8) is 0 Å². The SMILES string of the molecule is C=C1CC[C@@]2(OC1)O[C@H]1C[C@H]3[C@@H]4CC[C@@H]5C[C@@H](O[C@@H]6O[C@H](CO)[C@@H](O)[C@H](O[C@@H]7O[C@H](CO)[C@@H](O)[C@H](O)[C@H]7O)[C@H]6O[C@@H]6O[C@H](CO)[C@@H](O)[C@H](O)[C@H]6O)CC[C@]5(C)[C@H]4CC[C@]3(C)[C@H]1[C@@H]2C. The van der Waals surface area contributed by atoms with Gasteiger partial charge in [0.25, 0.3) is 0 Å². The molecule has 0 aromatic heterocycles. The molecule has 0 unspecified atom stereocenters. The van der Waals surface area contributed by atoms with E-state index in [0.717, 1.165) is 56.9 Å². The minimum Gasteiger partial charge on any atom is -0.394 e. The summed E-state index contributed by atoms with van der Waals surface area (Å²) in [7, 11) is 0. The van der Waals surface area contributed by atoms with E-state index in [1.54, 1.807) is 0 Å². The Balaban J connectivity index is 0.926. The van der Waals surface area contributed by atoms with Crippen molar-refractivity contribution in [1.82, 2.24) is 0 Å². The van der Waals surface area contributed by atoms with Crippen LogP contribution in [0.25, 0.3) is 0 Å². The van der Waals surface area contributed by atoms with Gasteiger partial charge in [-0.05, 0) is 98.2 Å². The van der Waals surface area contributed by atoms with Crippen LogP contribution < -0.4 is 0 Å². The fraction of sp³-hybridized carbons (Fsp3) is 0.956. The summed E-state index contributed by atoms with van der Waals surface area (Å²) in [5.74, 6) is 2.25. The van der Waals surface area contributed by atoms with E-state index >= 15 is 0 Å². The molecule has 9 fully saturated rings. The van der Waals surface area contributed by atoms with Crippen LogP contribution in [-0.4, -0.2) is 188 Å². The Morgan fingerprint density at radius 2 is 1.21 bits per heavy atom. The first-order valence-corrected chi connectivity index (χ1v) is 23.5. The quantitative estimate of drug-likeness (QED) is 0.100. The molecule has 0 bridgehead atoms. The lowest BCUT2D eigenvalue weighted by atomic mass is 9.44. The van der Waals surface area contributed by atoms with Gasteiger partial charge in [0.05, 0.1) is 38.6 Å². The average Bonchev–Trinajstić information content (AvgIpc) is 3.72. The van der Waals surface area contributed by atoms with Crippen molar-refractivity contribution in [2.45, 2.75) is 195 Å². The number of hydrogen-bond donors (Lipinski definition) is 10. The molecule has 5 saturated heterocycles. The molecule has 26 atom stereocenters. The second kappa shape index (κ2) is 17.8. The fourth-order valence-electron chi connectivity index (χ4n) is 14.5. The zero-order valence-corrected chi connectivity index (χ0v) is 36.6. The standard InChI is InChI=1S/C45H72O18/c1-19-7-12-45(56-18-19)20(2)30-26(63-45)14-25-23-6-5-21-13-22(8-10-43(21,3)24(23)9-11-44(25,30)4)57-42-39(62-41-37(55)35(53)32(50)28(16-47)59-41)38(33(51)29(17-48)60-42)61-40-36(54)34(52)31(49)27(15-46)58-40/h20-42,46-55H,1,5-18H2,2-4H3/t20-,21+,22-,23+,24-,25-,26-,27+,28+,29+,30-,31+,32+,33+,34-,35-,36+,37+,38-,39+,40-,41-,42+,43-,44-,45+/m0/s1. The molecule has 0 aromatic rings. The lowest BCUT2D eigenvalue weighted by molar-refractivity contribution is -0.396. The first kappa shape index (κ1) is 47.1. The Kier molecular flexibility index (Phi) is 13.3. The van der Waals surface area contributed by atoms with Crippen LogP contribution in [0.2, 0.25) is 0 Å². The van der Waals surface area contributed by atoms with Gasteiger partial charge in [0.15, 0.2) is 24.7 Å². The monoisotopic (exact) mass is 900 g/mol. The molecule has 360 valence electrons. The van der Waals surface area contributed by atoms with Gasteiger partial charge in [-0.2, -0.15) is 0 Å². The van der Waals surface area contributed by atoms with Gasteiger partial charge in [0, 0.05) is 12.3 Å². The zero-order chi connectivity index (χ0) is 44.9. The van der Waals surface area contributed by atoms with E-state index in [1.165, 1.54) is 0 Å². The molecule has 0 aromatic carbocycles. The van der Waals surface area contributed by atoms with Crippen LogP contribution in [0.1, 0.15) is 85.0 Å². The smallest absolute Gasteiger partial charge is 0.187 e. The Morgan fingerprint density at radius 1 is 0.619 bits per heavy atom. The first-order valence-electron chi connectivity index (χ1n) is 23.5. The van der Waals surface area contributed by atoms with Crippen molar-refractivity contribution < 1.29 is 89.0 Å². The summed E-state index contributed by atoms with van der Waals surface area (Å²) >= 11 is 0. The van der Waals surface area contributed by atoms with Gasteiger partial charge in [-0.15, -0.1) is 0 Å². The van der Waals surface area contributed by atoms with Crippen LogP contribution in [0, 0.1) is 46.3 Å². The normalized spacial score (nSPS) is 57.0. The third-order valence-corrected chi connectivity index (χ3v) is 18.0. The van der Waals surface area contributed by atoms with Gasteiger partial charge >= 0.3 is 0 Å². The molecule has 18 nitrogen and oxygen atoms in total. The highest BCUT2D eigenvalue weighted by atomic mass is 16.8. The Morgan fingerprint density at radius 3 is 1.81 bits per heavy atom. The van der Waals surface area contributed by atoms with Gasteiger partial charge in [-0.1, -0.05) is 32.9 Å². The highest BCUT2D eigenvalue weighted by molar-refractivity contribution is 5.16. The molecule has 4 saturated carbocycles. The molecule has 4 aliphatic carbocycles. The molecule has 0 amide bonds. The molecular weight excluding hydrogens is 828 g/mol. The van der Waals surface area contributed by atoms with E-state index in [0.29, 0.717) is 55.0 Å². The highest BCUT2D eigenvalue weighted by Gasteiger charge is 2.69. The zero-order valence-electron chi connectivity index (χ0n) is 36.6. The second-order valence-electron chi connectivity index (χ2n) is 21.1. The Labute approximate surface area is 368 Å². The lowest BCUT2D eigenvalue weighted by Gasteiger charge is -2.61. The summed E-state index contributed by atoms with van der Waals surface area (Å²) in [6, 6.07) is 0. The van der Waals surface area contributed by atoms with Gasteiger partial charge in [0.2, 0.25) is 0 Å². The Bertz CT molecular complexity index is 1610. The third kappa shape index (κ3) is 7.81. The van der Waals surface area contributed by atoms with Gasteiger partial charge < -0.3 is 89.0 Å². The largest absolute Gasteiger partial charge is 0.394 e. The van der Waals surface area contributed by atoms with E-state index in [9.17, 15) is 51.1 Å². The average molecular weight is 901 g/mol. The molecule has 9 rings (SSSR count). The molecular formula is C45H72O18. The summed E-state index contributed by atoms with van der Waals surface area (Å²) in [6.07, 6.45) is -15.2. The van der Waals surface area contributed by atoms with E-state index in [1.807, 2.05) is 0 Å². The predicted molar refractivity (Wildman–Crippen MR) is 216 cm³/mol. The molecule has 63 heavy (non-hydrogen) atoms.